The predicted molar refractivity (Wildman–Crippen MR) is 71.2 cm³/mol. The molecule has 0 saturated heterocycles. The summed E-state index contributed by atoms with van der Waals surface area (Å²) in [6.07, 6.45) is 0.226. The smallest absolute Gasteiger partial charge is 0.360 e. The molecule has 0 radical (unpaired) electrons. The molecule has 1 aromatic heterocycles. The molecule has 0 saturated carbocycles. The second-order valence-electron chi connectivity index (χ2n) is 3.44. The molecule has 104 valence electrons. The molecule has 7 nitrogen and oxygen atoms in total. The van der Waals surface area contributed by atoms with E-state index in [1.54, 1.807) is 14.0 Å². The molecule has 1 heterocycles. The van der Waals surface area contributed by atoms with E-state index in [0.717, 1.165) is 0 Å². The molecule has 0 bridgehead atoms. The molecular formula is C11H14BrN3O4. The Morgan fingerprint density at radius 2 is 2.47 bits per heavy atom. The van der Waals surface area contributed by atoms with E-state index in [1.165, 1.54) is 12.3 Å². The van der Waals surface area contributed by atoms with E-state index in [9.17, 15) is 9.90 Å². The van der Waals surface area contributed by atoms with E-state index >= 15 is 0 Å². The van der Waals surface area contributed by atoms with E-state index in [4.69, 9.17) is 14.7 Å². The molecule has 1 unspecified atom stereocenters. The van der Waals surface area contributed by atoms with Gasteiger partial charge in [-0.05, 0) is 22.9 Å². The fourth-order valence-electron chi connectivity index (χ4n) is 1.29. The minimum atomic E-state index is -1.21. The zero-order chi connectivity index (χ0) is 14.4. The molecule has 0 aliphatic rings. The number of aliphatic hydroxyl groups is 1. The first-order valence-corrected chi connectivity index (χ1v) is 6.24. The molecule has 1 aromatic rings. The molecule has 0 spiro atoms. The highest BCUT2D eigenvalue weighted by molar-refractivity contribution is 9.18. The van der Waals surface area contributed by atoms with Gasteiger partial charge in [0, 0.05) is 24.9 Å². The van der Waals surface area contributed by atoms with Crippen LogP contribution >= 0.6 is 15.9 Å². The zero-order valence-electron chi connectivity index (χ0n) is 10.4. The largest absolute Gasteiger partial charge is 0.461 e. The van der Waals surface area contributed by atoms with Crippen LogP contribution < -0.4 is 5.32 Å². The topological polar surface area (TPSA) is 108 Å². The van der Waals surface area contributed by atoms with Crippen molar-refractivity contribution in [2.45, 2.75) is 13.0 Å². The van der Waals surface area contributed by atoms with Crippen LogP contribution in [0.1, 0.15) is 29.3 Å². The summed E-state index contributed by atoms with van der Waals surface area (Å²) in [6, 6.07) is 1.28. The third-order valence-electron chi connectivity index (χ3n) is 2.13. The monoisotopic (exact) mass is 331 g/mol. The minimum Gasteiger partial charge on any atom is -0.461 e. The maximum absolute atomic E-state index is 11.4. The number of ether oxygens (including phenoxy) is 1. The van der Waals surface area contributed by atoms with Gasteiger partial charge in [-0.25, -0.2) is 4.79 Å². The van der Waals surface area contributed by atoms with Crippen LogP contribution in [-0.2, 0) is 4.74 Å². The lowest BCUT2D eigenvalue weighted by atomic mass is 10.1. The molecule has 0 fully saturated rings. The van der Waals surface area contributed by atoms with Crippen molar-refractivity contribution < 1.29 is 19.2 Å². The summed E-state index contributed by atoms with van der Waals surface area (Å²) in [4.78, 5) is 11.4. The summed E-state index contributed by atoms with van der Waals surface area (Å²) in [7, 11) is 1.63. The van der Waals surface area contributed by atoms with Crippen molar-refractivity contribution in [1.82, 2.24) is 10.5 Å². The third-order valence-corrected chi connectivity index (χ3v) is 2.59. The number of rotatable bonds is 6. The van der Waals surface area contributed by atoms with E-state index in [2.05, 4.69) is 26.4 Å². The lowest BCUT2D eigenvalue weighted by molar-refractivity contribution is 0.0514. The number of aliphatic hydroxyl groups excluding tert-OH is 1. The number of nitrogens with one attached hydrogen (secondary N) is 2. The van der Waals surface area contributed by atoms with Gasteiger partial charge in [-0.15, -0.1) is 0 Å². The Morgan fingerprint density at radius 1 is 1.79 bits per heavy atom. The average Bonchev–Trinajstić information content (AvgIpc) is 2.84. The molecule has 0 aliphatic carbocycles. The quantitative estimate of drug-likeness (QED) is 0.536. The Balaban J connectivity index is 2.94. The van der Waals surface area contributed by atoms with Crippen LogP contribution in [0.5, 0.6) is 0 Å². The van der Waals surface area contributed by atoms with E-state index in [1.807, 2.05) is 0 Å². The number of nitrogens with zero attached hydrogens (tertiary/aromatic N) is 1. The van der Waals surface area contributed by atoms with Gasteiger partial charge in [0.25, 0.3) is 0 Å². The molecule has 0 aromatic carbocycles. The summed E-state index contributed by atoms with van der Waals surface area (Å²) in [6.45, 7) is 1.90. The molecule has 1 rings (SSSR count). The molecule has 0 amide bonds. The van der Waals surface area contributed by atoms with Crippen LogP contribution in [0.25, 0.3) is 0 Å². The van der Waals surface area contributed by atoms with E-state index < -0.39 is 12.1 Å². The highest BCUT2D eigenvalue weighted by atomic mass is 79.9. The molecule has 8 heteroatoms. The van der Waals surface area contributed by atoms with Gasteiger partial charge in [0.1, 0.15) is 10.7 Å². The predicted octanol–water partition coefficient (Wildman–Crippen LogP) is 1.36. The number of carbonyl (C=O) groups excluding carboxylic acids is 1. The van der Waals surface area contributed by atoms with Crippen LogP contribution in [0.4, 0.5) is 0 Å². The van der Waals surface area contributed by atoms with Crippen molar-refractivity contribution in [1.29, 1.82) is 5.41 Å². The number of carbonyl (C=O) groups is 1. The van der Waals surface area contributed by atoms with Crippen LogP contribution in [0, 0.1) is 5.41 Å². The fraction of sp³-hybridized carbons (Fsp3) is 0.364. The third kappa shape index (κ3) is 3.90. The van der Waals surface area contributed by atoms with Crippen molar-refractivity contribution in [3.63, 3.8) is 0 Å². The van der Waals surface area contributed by atoms with Gasteiger partial charge < -0.3 is 19.7 Å². The first-order valence-electron chi connectivity index (χ1n) is 5.44. The number of aromatic nitrogens is 1. The SMILES string of the molecule is CCOC(=O)c1cc(C(O)/C(=C/NC)C(=N)Br)on1. The maximum Gasteiger partial charge on any atom is 0.360 e. The minimum absolute atomic E-state index is 0.0107. The average molecular weight is 332 g/mol. The number of hydrogen-bond donors (Lipinski definition) is 3. The van der Waals surface area contributed by atoms with Crippen molar-refractivity contribution in [2.75, 3.05) is 13.7 Å². The van der Waals surface area contributed by atoms with E-state index in [-0.39, 0.29) is 28.3 Å². The number of halogens is 1. The summed E-state index contributed by atoms with van der Waals surface area (Å²) in [5, 5.41) is 23.7. The summed E-state index contributed by atoms with van der Waals surface area (Å²) in [5.41, 5.74) is 0.217. The fourth-order valence-corrected chi connectivity index (χ4v) is 1.62. The highest BCUT2D eigenvalue weighted by Crippen LogP contribution is 2.24. The van der Waals surface area contributed by atoms with Gasteiger partial charge in [0.05, 0.1) is 6.61 Å². The van der Waals surface area contributed by atoms with Crippen molar-refractivity contribution in [2.24, 2.45) is 0 Å². The number of hydrogen-bond acceptors (Lipinski definition) is 7. The van der Waals surface area contributed by atoms with Crippen LogP contribution in [-0.4, -0.2) is 34.5 Å². The Kier molecular flexibility index (Phi) is 5.71. The van der Waals surface area contributed by atoms with Crippen LogP contribution in [0.3, 0.4) is 0 Å². The molecule has 1 atom stereocenters. The molecule has 0 aliphatic heterocycles. The lowest BCUT2D eigenvalue weighted by Crippen LogP contribution is -2.10. The van der Waals surface area contributed by atoms with Crippen molar-refractivity contribution in [3.05, 3.63) is 29.3 Å². The summed E-state index contributed by atoms with van der Waals surface area (Å²) in [5.74, 6) is -0.577. The Labute approximate surface area is 118 Å². The van der Waals surface area contributed by atoms with E-state index in [0.29, 0.717) is 0 Å². The molecule has 19 heavy (non-hydrogen) atoms. The molecular weight excluding hydrogens is 318 g/mol. The van der Waals surface area contributed by atoms with Crippen molar-refractivity contribution >= 4 is 26.5 Å². The van der Waals surface area contributed by atoms with Crippen LogP contribution in [0.2, 0.25) is 0 Å². The van der Waals surface area contributed by atoms with Gasteiger partial charge in [-0.3, -0.25) is 5.41 Å². The van der Waals surface area contributed by atoms with Gasteiger partial charge in [0.15, 0.2) is 11.5 Å². The Hall–Kier alpha value is -1.67. The van der Waals surface area contributed by atoms with Gasteiger partial charge in [-0.1, -0.05) is 5.16 Å². The Bertz CT molecular complexity index is 498. The normalized spacial score (nSPS) is 12.9. The zero-order valence-corrected chi connectivity index (χ0v) is 12.0. The number of esters is 1. The van der Waals surface area contributed by atoms with Crippen LogP contribution in [0.15, 0.2) is 22.4 Å². The molecule has 3 N–H and O–H groups in total. The first-order chi connectivity index (χ1) is 9.01. The van der Waals surface area contributed by atoms with Gasteiger partial charge in [-0.2, -0.15) is 0 Å². The summed E-state index contributed by atoms with van der Waals surface area (Å²) < 4.78 is 9.63. The lowest BCUT2D eigenvalue weighted by Gasteiger charge is -2.09. The van der Waals surface area contributed by atoms with Gasteiger partial charge >= 0.3 is 5.97 Å². The highest BCUT2D eigenvalue weighted by Gasteiger charge is 2.23. The second kappa shape index (κ2) is 7.05. The first kappa shape index (κ1) is 15.4. The maximum atomic E-state index is 11.4. The van der Waals surface area contributed by atoms with Gasteiger partial charge in [0.2, 0.25) is 0 Å². The van der Waals surface area contributed by atoms with Crippen molar-refractivity contribution in [3.8, 4) is 0 Å². The summed E-state index contributed by atoms with van der Waals surface area (Å²) >= 11 is 2.96. The Morgan fingerprint density at radius 3 is 3.00 bits per heavy atom. The second-order valence-corrected chi connectivity index (χ2v) is 4.23. The standard InChI is InChI=1S/C11H14BrN3O4/c1-3-18-11(17)7-4-8(19-15-7)9(16)6(5-14-2)10(12)13/h4-5,9,13-14,16H,3H2,1-2H3/b6-5-,13-10?.